The minimum atomic E-state index is -3.44. The standard InChI is InChI=1S/C8H6ClF2NO/c9-8(10,11)7-2-1-6(3-4-13)5-12-7/h1-2,4-5H,3H2. The van der Waals surface area contributed by atoms with Gasteiger partial charge in [0.25, 0.3) is 0 Å². The van der Waals surface area contributed by atoms with Gasteiger partial charge in [0, 0.05) is 12.6 Å². The molecule has 0 atom stereocenters. The number of hydrogen-bond donors (Lipinski definition) is 0. The van der Waals surface area contributed by atoms with Crippen molar-refractivity contribution in [3.63, 3.8) is 0 Å². The first-order valence-electron chi connectivity index (χ1n) is 3.50. The van der Waals surface area contributed by atoms with Gasteiger partial charge < -0.3 is 4.79 Å². The van der Waals surface area contributed by atoms with Gasteiger partial charge in [-0.1, -0.05) is 6.07 Å². The second-order valence-corrected chi connectivity index (χ2v) is 2.89. The lowest BCUT2D eigenvalue weighted by Gasteiger charge is -2.06. The van der Waals surface area contributed by atoms with Crippen molar-refractivity contribution >= 4 is 17.9 Å². The molecule has 1 heterocycles. The Morgan fingerprint density at radius 1 is 1.54 bits per heavy atom. The van der Waals surface area contributed by atoms with Crippen LogP contribution < -0.4 is 0 Å². The molecular formula is C8H6ClF2NO. The van der Waals surface area contributed by atoms with Crippen molar-refractivity contribution in [3.8, 4) is 0 Å². The van der Waals surface area contributed by atoms with E-state index in [9.17, 15) is 13.6 Å². The van der Waals surface area contributed by atoms with E-state index in [1.54, 1.807) is 0 Å². The van der Waals surface area contributed by atoms with Crippen LogP contribution in [0.25, 0.3) is 0 Å². The lowest BCUT2D eigenvalue weighted by molar-refractivity contribution is -0.107. The van der Waals surface area contributed by atoms with Crippen LogP contribution in [0.5, 0.6) is 0 Å². The summed E-state index contributed by atoms with van der Waals surface area (Å²) in [4.78, 5) is 13.5. The molecule has 0 unspecified atom stereocenters. The molecule has 70 valence electrons. The molecule has 1 rings (SSSR count). The number of pyridine rings is 1. The summed E-state index contributed by atoms with van der Waals surface area (Å²) >= 11 is 4.72. The zero-order chi connectivity index (χ0) is 9.90. The molecule has 0 spiro atoms. The van der Waals surface area contributed by atoms with E-state index in [1.165, 1.54) is 12.3 Å². The van der Waals surface area contributed by atoms with Crippen molar-refractivity contribution < 1.29 is 13.6 Å². The number of nitrogens with zero attached hydrogens (tertiary/aromatic N) is 1. The van der Waals surface area contributed by atoms with Gasteiger partial charge >= 0.3 is 5.38 Å². The molecule has 0 fully saturated rings. The van der Waals surface area contributed by atoms with Crippen molar-refractivity contribution in [3.05, 3.63) is 29.6 Å². The van der Waals surface area contributed by atoms with E-state index < -0.39 is 11.1 Å². The topological polar surface area (TPSA) is 30.0 Å². The van der Waals surface area contributed by atoms with Crippen LogP contribution in [0.4, 0.5) is 8.78 Å². The molecule has 0 saturated carbocycles. The maximum atomic E-state index is 12.4. The average molecular weight is 206 g/mol. The van der Waals surface area contributed by atoms with Crippen LogP contribution in [0, 0.1) is 0 Å². The van der Waals surface area contributed by atoms with Gasteiger partial charge in [-0.25, -0.2) is 0 Å². The Bertz CT molecular complexity index is 294. The largest absolute Gasteiger partial charge is 0.364 e. The zero-order valence-electron chi connectivity index (χ0n) is 6.51. The average Bonchev–Trinajstić information content (AvgIpc) is 2.04. The third-order valence-corrected chi connectivity index (χ3v) is 1.63. The molecule has 2 nitrogen and oxygen atoms in total. The van der Waals surface area contributed by atoms with Crippen molar-refractivity contribution in [1.82, 2.24) is 4.98 Å². The number of carbonyl (C=O) groups is 1. The molecule has 0 saturated heterocycles. The normalized spacial score (nSPS) is 11.3. The molecule has 0 aromatic carbocycles. The van der Waals surface area contributed by atoms with Crippen LogP contribution in [-0.4, -0.2) is 11.3 Å². The van der Waals surface area contributed by atoms with Crippen molar-refractivity contribution in [2.24, 2.45) is 0 Å². The second kappa shape index (κ2) is 3.79. The number of aldehydes is 1. The molecule has 0 aliphatic rings. The summed E-state index contributed by atoms with van der Waals surface area (Å²) in [7, 11) is 0. The zero-order valence-corrected chi connectivity index (χ0v) is 7.26. The minimum absolute atomic E-state index is 0.168. The van der Waals surface area contributed by atoms with Crippen LogP contribution in [0.3, 0.4) is 0 Å². The SMILES string of the molecule is O=CCc1ccc(C(F)(F)Cl)nc1. The molecule has 0 amide bonds. The summed E-state index contributed by atoms with van der Waals surface area (Å²) in [6.07, 6.45) is 2.05. The molecule has 13 heavy (non-hydrogen) atoms. The molecule has 0 aliphatic carbocycles. The number of carbonyl (C=O) groups excluding carboxylic acids is 1. The lowest BCUT2D eigenvalue weighted by atomic mass is 10.2. The fraction of sp³-hybridized carbons (Fsp3) is 0.250. The number of hydrogen-bond acceptors (Lipinski definition) is 2. The van der Waals surface area contributed by atoms with Gasteiger partial charge in [-0.3, -0.25) is 4.98 Å². The van der Waals surface area contributed by atoms with Crippen LogP contribution >= 0.6 is 11.6 Å². The van der Waals surface area contributed by atoms with E-state index in [0.717, 1.165) is 6.07 Å². The Kier molecular flexibility index (Phi) is 2.93. The molecule has 1 aromatic heterocycles. The second-order valence-electron chi connectivity index (χ2n) is 2.42. The summed E-state index contributed by atoms with van der Waals surface area (Å²) in [5.74, 6) is 0. The summed E-state index contributed by atoms with van der Waals surface area (Å²) in [5.41, 5.74) is 0.0727. The highest BCUT2D eigenvalue weighted by Gasteiger charge is 2.29. The minimum Gasteiger partial charge on any atom is -0.303 e. The highest BCUT2D eigenvalue weighted by molar-refractivity contribution is 6.21. The fourth-order valence-electron chi connectivity index (χ4n) is 0.809. The summed E-state index contributed by atoms with van der Waals surface area (Å²) in [6.45, 7) is 0. The van der Waals surface area contributed by atoms with Crippen LogP contribution in [-0.2, 0) is 16.6 Å². The van der Waals surface area contributed by atoms with Gasteiger partial charge in [0.05, 0.1) is 0 Å². The molecule has 0 aliphatic heterocycles. The van der Waals surface area contributed by atoms with Crippen molar-refractivity contribution in [2.75, 3.05) is 0 Å². The first-order chi connectivity index (χ1) is 6.04. The molecular weight excluding hydrogens is 200 g/mol. The molecule has 1 aromatic rings. The quantitative estimate of drug-likeness (QED) is 0.559. The van der Waals surface area contributed by atoms with Gasteiger partial charge in [-0.05, 0) is 23.2 Å². The van der Waals surface area contributed by atoms with E-state index >= 15 is 0 Å². The van der Waals surface area contributed by atoms with Gasteiger partial charge in [0.15, 0.2) is 0 Å². The third kappa shape index (κ3) is 2.73. The monoisotopic (exact) mass is 205 g/mol. The summed E-state index contributed by atoms with van der Waals surface area (Å²) in [5, 5.41) is -3.44. The van der Waals surface area contributed by atoms with E-state index in [2.05, 4.69) is 4.98 Å². The molecule has 0 bridgehead atoms. The van der Waals surface area contributed by atoms with E-state index in [4.69, 9.17) is 11.6 Å². The summed E-state index contributed by atoms with van der Waals surface area (Å²) < 4.78 is 24.8. The number of rotatable bonds is 3. The van der Waals surface area contributed by atoms with Crippen molar-refractivity contribution in [2.45, 2.75) is 11.8 Å². The Balaban J connectivity index is 2.87. The first-order valence-corrected chi connectivity index (χ1v) is 3.87. The predicted octanol–water partition coefficient (Wildman–Crippen LogP) is 2.11. The number of halogens is 3. The molecule has 0 radical (unpaired) electrons. The lowest BCUT2D eigenvalue weighted by Crippen LogP contribution is -2.06. The van der Waals surface area contributed by atoms with E-state index in [-0.39, 0.29) is 6.42 Å². The summed E-state index contributed by atoms with van der Waals surface area (Å²) in [6, 6.07) is 2.50. The van der Waals surface area contributed by atoms with Gasteiger partial charge in [0.2, 0.25) is 0 Å². The highest BCUT2D eigenvalue weighted by atomic mass is 35.5. The smallest absolute Gasteiger partial charge is 0.303 e. The van der Waals surface area contributed by atoms with Crippen LogP contribution in [0.2, 0.25) is 0 Å². The first kappa shape index (κ1) is 10.1. The van der Waals surface area contributed by atoms with E-state index in [0.29, 0.717) is 11.8 Å². The maximum Gasteiger partial charge on any atom is 0.364 e. The Hall–Kier alpha value is -1.03. The predicted molar refractivity (Wildman–Crippen MR) is 43.8 cm³/mol. The maximum absolute atomic E-state index is 12.4. The molecule has 0 N–H and O–H groups in total. The van der Waals surface area contributed by atoms with Crippen molar-refractivity contribution in [1.29, 1.82) is 0 Å². The van der Waals surface area contributed by atoms with Crippen LogP contribution in [0.15, 0.2) is 18.3 Å². The molecule has 5 heteroatoms. The third-order valence-electron chi connectivity index (χ3n) is 1.43. The highest BCUT2D eigenvalue weighted by Crippen LogP contribution is 2.30. The van der Waals surface area contributed by atoms with Gasteiger partial charge in [0.1, 0.15) is 12.0 Å². The Morgan fingerprint density at radius 3 is 2.62 bits per heavy atom. The Morgan fingerprint density at radius 2 is 2.23 bits per heavy atom. The van der Waals surface area contributed by atoms with E-state index in [1.807, 2.05) is 0 Å². The number of aromatic nitrogens is 1. The fourth-order valence-corrected chi connectivity index (χ4v) is 0.921. The Labute approximate surface area is 78.5 Å². The van der Waals surface area contributed by atoms with Gasteiger partial charge in [-0.15, -0.1) is 0 Å². The van der Waals surface area contributed by atoms with Gasteiger partial charge in [-0.2, -0.15) is 8.78 Å². The van der Waals surface area contributed by atoms with Crippen LogP contribution in [0.1, 0.15) is 11.3 Å². The number of alkyl halides is 3.